The first-order valence-corrected chi connectivity index (χ1v) is 6.10. The summed E-state index contributed by atoms with van der Waals surface area (Å²) >= 11 is 0. The number of hydrogen-bond acceptors (Lipinski definition) is 2. The summed E-state index contributed by atoms with van der Waals surface area (Å²) in [4.78, 5) is 21.7. The predicted octanol–water partition coefficient (Wildman–Crippen LogP) is 2.33. The maximum atomic E-state index is 11.3. The monoisotopic (exact) mass is 229 g/mol. The number of hydrogen-bond donors (Lipinski definition) is 2. The van der Waals surface area contributed by atoms with Gasteiger partial charge in [-0.15, -0.1) is 0 Å². The van der Waals surface area contributed by atoms with Crippen molar-refractivity contribution < 1.29 is 14.7 Å². The van der Waals surface area contributed by atoms with E-state index in [1.807, 2.05) is 0 Å². The van der Waals surface area contributed by atoms with Crippen LogP contribution >= 0.6 is 0 Å². The number of amides is 1. The van der Waals surface area contributed by atoms with Crippen molar-refractivity contribution in [2.24, 2.45) is 0 Å². The SMILES string of the molecule is CCCCCCCCC(=O)NC(C)C(=O)O. The Hall–Kier alpha value is -1.06. The highest BCUT2D eigenvalue weighted by atomic mass is 16.4. The second-order valence-corrected chi connectivity index (χ2v) is 4.15. The third-order valence-electron chi connectivity index (χ3n) is 2.51. The average molecular weight is 229 g/mol. The van der Waals surface area contributed by atoms with Gasteiger partial charge in [0.15, 0.2) is 0 Å². The first-order chi connectivity index (χ1) is 7.57. The third kappa shape index (κ3) is 8.26. The van der Waals surface area contributed by atoms with E-state index in [4.69, 9.17) is 5.11 Å². The minimum Gasteiger partial charge on any atom is -0.480 e. The highest BCUT2D eigenvalue weighted by Crippen LogP contribution is 2.06. The molecule has 1 atom stereocenters. The van der Waals surface area contributed by atoms with E-state index < -0.39 is 12.0 Å². The molecule has 4 nitrogen and oxygen atoms in total. The molecule has 16 heavy (non-hydrogen) atoms. The van der Waals surface area contributed by atoms with Gasteiger partial charge in [-0.25, -0.2) is 0 Å². The number of nitrogens with one attached hydrogen (secondary N) is 1. The molecule has 0 radical (unpaired) electrons. The molecule has 0 aromatic carbocycles. The van der Waals surface area contributed by atoms with Crippen LogP contribution in [0.15, 0.2) is 0 Å². The van der Waals surface area contributed by atoms with Gasteiger partial charge in [0.25, 0.3) is 0 Å². The van der Waals surface area contributed by atoms with E-state index in [9.17, 15) is 9.59 Å². The van der Waals surface area contributed by atoms with Crippen LogP contribution in [0.25, 0.3) is 0 Å². The van der Waals surface area contributed by atoms with E-state index in [1.165, 1.54) is 26.2 Å². The van der Waals surface area contributed by atoms with Crippen LogP contribution in [-0.4, -0.2) is 23.0 Å². The zero-order valence-electron chi connectivity index (χ0n) is 10.3. The number of carboxylic acid groups (broad SMARTS) is 1. The number of carbonyl (C=O) groups is 2. The Balaban J connectivity index is 3.40. The highest BCUT2D eigenvalue weighted by molar-refractivity contribution is 5.83. The van der Waals surface area contributed by atoms with Crippen LogP contribution in [0, 0.1) is 0 Å². The lowest BCUT2D eigenvalue weighted by atomic mass is 10.1. The molecule has 2 N–H and O–H groups in total. The number of carboxylic acids is 1. The lowest BCUT2D eigenvalue weighted by Gasteiger charge is -2.08. The predicted molar refractivity (Wildman–Crippen MR) is 63.2 cm³/mol. The van der Waals surface area contributed by atoms with Crippen molar-refractivity contribution in [2.75, 3.05) is 0 Å². The Bertz CT molecular complexity index is 216. The van der Waals surface area contributed by atoms with E-state index in [0.717, 1.165) is 19.3 Å². The van der Waals surface area contributed by atoms with Crippen LogP contribution < -0.4 is 5.32 Å². The molecule has 0 aliphatic carbocycles. The quantitative estimate of drug-likeness (QED) is 0.596. The van der Waals surface area contributed by atoms with E-state index in [-0.39, 0.29) is 5.91 Å². The molecule has 0 rings (SSSR count). The highest BCUT2D eigenvalue weighted by Gasteiger charge is 2.12. The lowest BCUT2D eigenvalue weighted by molar-refractivity contribution is -0.141. The standard InChI is InChI=1S/C12H23NO3/c1-3-4-5-6-7-8-9-11(14)13-10(2)12(15)16/h10H,3-9H2,1-2H3,(H,13,14)(H,15,16). The maximum absolute atomic E-state index is 11.3. The molecule has 0 aliphatic rings. The average Bonchev–Trinajstić information content (AvgIpc) is 2.23. The first kappa shape index (κ1) is 14.9. The molecule has 1 amide bonds. The fourth-order valence-electron chi connectivity index (χ4n) is 1.44. The van der Waals surface area contributed by atoms with E-state index >= 15 is 0 Å². The van der Waals surface area contributed by atoms with Gasteiger partial charge in [-0.3, -0.25) is 9.59 Å². The molecule has 0 bridgehead atoms. The third-order valence-corrected chi connectivity index (χ3v) is 2.51. The van der Waals surface area contributed by atoms with Gasteiger partial charge in [-0.1, -0.05) is 39.0 Å². The van der Waals surface area contributed by atoms with Gasteiger partial charge in [0, 0.05) is 6.42 Å². The van der Waals surface area contributed by atoms with Gasteiger partial charge in [0.2, 0.25) is 5.91 Å². The second-order valence-electron chi connectivity index (χ2n) is 4.15. The van der Waals surface area contributed by atoms with Crippen molar-refractivity contribution in [3.05, 3.63) is 0 Å². The number of rotatable bonds is 9. The summed E-state index contributed by atoms with van der Waals surface area (Å²) in [5, 5.41) is 11.0. The summed E-state index contributed by atoms with van der Waals surface area (Å²) in [7, 11) is 0. The Morgan fingerprint density at radius 1 is 1.12 bits per heavy atom. The first-order valence-electron chi connectivity index (χ1n) is 6.10. The van der Waals surface area contributed by atoms with Gasteiger partial charge in [-0.05, 0) is 13.3 Å². The van der Waals surface area contributed by atoms with Crippen molar-refractivity contribution >= 4 is 11.9 Å². The molecule has 0 aromatic rings. The number of aliphatic carboxylic acids is 1. The normalized spacial score (nSPS) is 12.1. The minimum absolute atomic E-state index is 0.162. The second kappa shape index (κ2) is 9.19. The fourth-order valence-corrected chi connectivity index (χ4v) is 1.44. The van der Waals surface area contributed by atoms with Crippen molar-refractivity contribution in [3.8, 4) is 0 Å². The van der Waals surface area contributed by atoms with Crippen molar-refractivity contribution in [1.29, 1.82) is 0 Å². The van der Waals surface area contributed by atoms with Gasteiger partial charge < -0.3 is 10.4 Å². The van der Waals surface area contributed by atoms with Crippen LogP contribution in [0.2, 0.25) is 0 Å². The maximum Gasteiger partial charge on any atom is 0.325 e. The van der Waals surface area contributed by atoms with Crippen molar-refractivity contribution in [1.82, 2.24) is 5.32 Å². The van der Waals surface area contributed by atoms with Crippen molar-refractivity contribution in [2.45, 2.75) is 64.8 Å². The molecule has 0 heterocycles. The Labute approximate surface area is 97.4 Å². The summed E-state index contributed by atoms with van der Waals surface area (Å²) in [5.41, 5.74) is 0. The van der Waals surface area contributed by atoms with Crippen LogP contribution in [-0.2, 0) is 9.59 Å². The van der Waals surface area contributed by atoms with Crippen LogP contribution in [0.4, 0.5) is 0 Å². The lowest BCUT2D eigenvalue weighted by Crippen LogP contribution is -2.38. The number of unbranched alkanes of at least 4 members (excludes halogenated alkanes) is 5. The van der Waals surface area contributed by atoms with Gasteiger partial charge in [0.1, 0.15) is 6.04 Å². The van der Waals surface area contributed by atoms with Crippen LogP contribution in [0.5, 0.6) is 0 Å². The summed E-state index contributed by atoms with van der Waals surface area (Å²) in [6, 6.07) is -0.785. The number of carbonyl (C=O) groups excluding carboxylic acids is 1. The van der Waals surface area contributed by atoms with Crippen LogP contribution in [0.3, 0.4) is 0 Å². The molecule has 0 aromatic heterocycles. The van der Waals surface area contributed by atoms with E-state index in [0.29, 0.717) is 6.42 Å². The molecule has 1 unspecified atom stereocenters. The molecule has 0 aliphatic heterocycles. The van der Waals surface area contributed by atoms with Crippen molar-refractivity contribution in [3.63, 3.8) is 0 Å². The Morgan fingerprint density at radius 2 is 1.69 bits per heavy atom. The molecular formula is C12H23NO3. The molecule has 0 saturated carbocycles. The summed E-state index contributed by atoms with van der Waals surface area (Å²) in [6.07, 6.45) is 7.19. The minimum atomic E-state index is -0.990. The van der Waals surface area contributed by atoms with Gasteiger partial charge in [-0.2, -0.15) is 0 Å². The fraction of sp³-hybridized carbons (Fsp3) is 0.833. The molecule has 4 heteroatoms. The van der Waals surface area contributed by atoms with Gasteiger partial charge >= 0.3 is 5.97 Å². The van der Waals surface area contributed by atoms with Crippen LogP contribution in [0.1, 0.15) is 58.8 Å². The van der Waals surface area contributed by atoms with Gasteiger partial charge in [0.05, 0.1) is 0 Å². The molecular weight excluding hydrogens is 206 g/mol. The molecule has 0 spiro atoms. The Morgan fingerprint density at radius 3 is 2.25 bits per heavy atom. The summed E-state index contributed by atoms with van der Waals surface area (Å²) in [5.74, 6) is -1.15. The topological polar surface area (TPSA) is 66.4 Å². The zero-order chi connectivity index (χ0) is 12.4. The summed E-state index contributed by atoms with van der Waals surface area (Å²) < 4.78 is 0. The zero-order valence-corrected chi connectivity index (χ0v) is 10.3. The van der Waals surface area contributed by atoms with E-state index in [1.54, 1.807) is 0 Å². The smallest absolute Gasteiger partial charge is 0.325 e. The summed E-state index contributed by atoms with van der Waals surface area (Å²) in [6.45, 7) is 3.64. The molecule has 94 valence electrons. The largest absolute Gasteiger partial charge is 0.480 e. The van der Waals surface area contributed by atoms with E-state index in [2.05, 4.69) is 12.2 Å². The Kier molecular flexibility index (Phi) is 8.58. The molecule has 0 fully saturated rings. The molecule has 0 saturated heterocycles.